The molecule has 0 fully saturated rings. The summed E-state index contributed by atoms with van der Waals surface area (Å²) in [4.78, 5) is 24.0. The molecule has 0 aliphatic heterocycles. The van der Waals surface area contributed by atoms with Gasteiger partial charge in [-0.2, -0.15) is 0 Å². The number of aryl methyl sites for hydroxylation is 4. The van der Waals surface area contributed by atoms with Crippen molar-refractivity contribution in [3.8, 4) is 0 Å². The molecule has 2 aromatic carbocycles. The highest BCUT2D eigenvalue weighted by atomic mass is 32.2. The van der Waals surface area contributed by atoms with Crippen LogP contribution in [0.2, 0.25) is 0 Å². The van der Waals surface area contributed by atoms with Crippen molar-refractivity contribution in [2.45, 2.75) is 27.7 Å². The Bertz CT molecular complexity index is 722. The number of rotatable bonds is 6. The van der Waals surface area contributed by atoms with Gasteiger partial charge in [0.05, 0.1) is 11.5 Å². The van der Waals surface area contributed by atoms with Gasteiger partial charge < -0.3 is 10.6 Å². The van der Waals surface area contributed by atoms with Crippen molar-refractivity contribution in [3.05, 3.63) is 58.7 Å². The smallest absolute Gasteiger partial charge is 0.234 e. The Morgan fingerprint density at radius 1 is 0.760 bits per heavy atom. The average molecular weight is 356 g/mol. The second-order valence-corrected chi connectivity index (χ2v) is 7.21. The number of anilines is 2. The molecule has 132 valence electrons. The van der Waals surface area contributed by atoms with Crippen LogP contribution in [0.25, 0.3) is 0 Å². The number of hydrogen-bond acceptors (Lipinski definition) is 3. The lowest BCUT2D eigenvalue weighted by atomic mass is 10.1. The van der Waals surface area contributed by atoms with Gasteiger partial charge in [-0.3, -0.25) is 9.59 Å². The molecule has 5 heteroatoms. The summed E-state index contributed by atoms with van der Waals surface area (Å²) >= 11 is 1.30. The maximum Gasteiger partial charge on any atom is 0.234 e. The third-order valence-corrected chi connectivity index (χ3v) is 4.71. The van der Waals surface area contributed by atoms with Crippen LogP contribution in [0.15, 0.2) is 36.4 Å². The van der Waals surface area contributed by atoms with E-state index >= 15 is 0 Å². The van der Waals surface area contributed by atoms with E-state index in [1.165, 1.54) is 11.8 Å². The molecule has 0 spiro atoms. The van der Waals surface area contributed by atoms with Gasteiger partial charge in [0.1, 0.15) is 0 Å². The van der Waals surface area contributed by atoms with Crippen LogP contribution in [-0.2, 0) is 9.59 Å². The summed E-state index contributed by atoms with van der Waals surface area (Å²) in [5.41, 5.74) is 6.02. The molecule has 0 saturated carbocycles. The molecule has 0 unspecified atom stereocenters. The van der Waals surface area contributed by atoms with Crippen LogP contribution in [0, 0.1) is 27.7 Å². The zero-order chi connectivity index (χ0) is 18.4. The monoisotopic (exact) mass is 356 g/mol. The molecule has 4 nitrogen and oxygen atoms in total. The predicted octanol–water partition coefficient (Wildman–Crippen LogP) is 4.23. The van der Waals surface area contributed by atoms with Crippen molar-refractivity contribution in [2.75, 3.05) is 22.1 Å². The van der Waals surface area contributed by atoms with Gasteiger partial charge in [-0.25, -0.2) is 0 Å². The fourth-order valence-electron chi connectivity index (χ4n) is 2.52. The molecule has 0 aliphatic rings. The molecule has 0 radical (unpaired) electrons. The van der Waals surface area contributed by atoms with E-state index in [4.69, 9.17) is 0 Å². The Hall–Kier alpha value is -2.27. The highest BCUT2D eigenvalue weighted by Gasteiger charge is 2.09. The van der Waals surface area contributed by atoms with Gasteiger partial charge in [-0.1, -0.05) is 35.4 Å². The van der Waals surface area contributed by atoms with E-state index in [-0.39, 0.29) is 23.3 Å². The normalized spacial score (nSPS) is 10.4. The molecule has 2 aromatic rings. The number of nitrogens with one attached hydrogen (secondary N) is 2. The van der Waals surface area contributed by atoms with Gasteiger partial charge >= 0.3 is 0 Å². The molecule has 2 amide bonds. The molecular weight excluding hydrogens is 332 g/mol. The predicted molar refractivity (Wildman–Crippen MR) is 106 cm³/mol. The molecule has 0 bridgehead atoms. The first-order valence-electron chi connectivity index (χ1n) is 8.17. The second-order valence-electron chi connectivity index (χ2n) is 6.23. The Morgan fingerprint density at radius 2 is 1.16 bits per heavy atom. The van der Waals surface area contributed by atoms with Crippen LogP contribution >= 0.6 is 11.8 Å². The van der Waals surface area contributed by atoms with Crippen molar-refractivity contribution in [1.29, 1.82) is 0 Å². The van der Waals surface area contributed by atoms with E-state index in [1.54, 1.807) is 0 Å². The zero-order valence-corrected chi connectivity index (χ0v) is 15.9. The lowest BCUT2D eigenvalue weighted by molar-refractivity contribution is -0.114. The first-order chi connectivity index (χ1) is 11.8. The van der Waals surface area contributed by atoms with Crippen molar-refractivity contribution < 1.29 is 9.59 Å². The molecular formula is C20H24N2O2S. The van der Waals surface area contributed by atoms with Gasteiger partial charge in [0.25, 0.3) is 0 Å². The number of carbonyl (C=O) groups excluding carboxylic acids is 2. The van der Waals surface area contributed by atoms with Gasteiger partial charge in [0.2, 0.25) is 11.8 Å². The summed E-state index contributed by atoms with van der Waals surface area (Å²) in [7, 11) is 0. The lowest BCUT2D eigenvalue weighted by Gasteiger charge is -2.10. The standard InChI is InChI=1S/C20H24N2O2S/c1-13-5-7-17(15(3)9-13)21-19(23)11-25-12-20(24)22-18-8-6-14(2)10-16(18)4/h5-10H,11-12H2,1-4H3,(H,21,23)(H,22,24). The van der Waals surface area contributed by atoms with E-state index < -0.39 is 0 Å². The topological polar surface area (TPSA) is 58.2 Å². The van der Waals surface area contributed by atoms with Crippen LogP contribution in [0.4, 0.5) is 11.4 Å². The van der Waals surface area contributed by atoms with Crippen LogP contribution in [0.5, 0.6) is 0 Å². The quantitative estimate of drug-likeness (QED) is 0.814. The summed E-state index contributed by atoms with van der Waals surface area (Å²) in [6.07, 6.45) is 0. The minimum atomic E-state index is -0.101. The van der Waals surface area contributed by atoms with E-state index in [0.29, 0.717) is 0 Å². The van der Waals surface area contributed by atoms with E-state index in [1.807, 2.05) is 64.1 Å². The summed E-state index contributed by atoms with van der Waals surface area (Å²) in [5.74, 6) is 0.286. The first kappa shape index (κ1) is 19.1. The van der Waals surface area contributed by atoms with Gasteiger partial charge in [-0.05, 0) is 51.0 Å². The maximum atomic E-state index is 12.0. The molecule has 0 atom stereocenters. The summed E-state index contributed by atoms with van der Waals surface area (Å²) < 4.78 is 0. The van der Waals surface area contributed by atoms with Crippen molar-refractivity contribution >= 4 is 35.0 Å². The van der Waals surface area contributed by atoms with Crippen molar-refractivity contribution in [3.63, 3.8) is 0 Å². The first-order valence-corrected chi connectivity index (χ1v) is 9.32. The molecule has 0 saturated heterocycles. The summed E-state index contributed by atoms with van der Waals surface area (Å²) in [5, 5.41) is 5.77. The third-order valence-electron chi connectivity index (χ3n) is 3.78. The van der Waals surface area contributed by atoms with E-state index in [0.717, 1.165) is 33.6 Å². The Kier molecular flexibility index (Phi) is 6.65. The number of carbonyl (C=O) groups is 2. The second kappa shape index (κ2) is 8.72. The van der Waals surface area contributed by atoms with Gasteiger partial charge in [-0.15, -0.1) is 11.8 Å². The van der Waals surface area contributed by atoms with Crippen LogP contribution < -0.4 is 10.6 Å². The lowest BCUT2D eigenvalue weighted by Crippen LogP contribution is -2.19. The SMILES string of the molecule is Cc1ccc(NC(=O)CSCC(=O)Nc2ccc(C)cc2C)c(C)c1. The molecule has 25 heavy (non-hydrogen) atoms. The minimum absolute atomic E-state index is 0.101. The number of hydrogen-bond donors (Lipinski definition) is 2. The van der Waals surface area contributed by atoms with E-state index in [9.17, 15) is 9.59 Å². The van der Waals surface area contributed by atoms with Crippen molar-refractivity contribution in [2.24, 2.45) is 0 Å². The Balaban J connectivity index is 1.77. The highest BCUT2D eigenvalue weighted by Crippen LogP contribution is 2.18. The molecule has 0 aromatic heterocycles. The molecule has 0 aliphatic carbocycles. The van der Waals surface area contributed by atoms with Crippen LogP contribution in [0.3, 0.4) is 0 Å². The van der Waals surface area contributed by atoms with E-state index in [2.05, 4.69) is 10.6 Å². The number of benzene rings is 2. The summed E-state index contributed by atoms with van der Waals surface area (Å²) in [6, 6.07) is 11.8. The average Bonchev–Trinajstić information content (AvgIpc) is 2.53. The van der Waals surface area contributed by atoms with Crippen LogP contribution in [-0.4, -0.2) is 23.3 Å². The zero-order valence-electron chi connectivity index (χ0n) is 15.1. The van der Waals surface area contributed by atoms with Gasteiger partial charge in [0, 0.05) is 11.4 Å². The molecule has 2 N–H and O–H groups in total. The third kappa shape index (κ3) is 5.94. The fraction of sp³-hybridized carbons (Fsp3) is 0.300. The number of amides is 2. The Labute approximate surface area is 153 Å². The largest absolute Gasteiger partial charge is 0.325 e. The van der Waals surface area contributed by atoms with Crippen LogP contribution in [0.1, 0.15) is 22.3 Å². The van der Waals surface area contributed by atoms with Crippen molar-refractivity contribution in [1.82, 2.24) is 0 Å². The highest BCUT2D eigenvalue weighted by molar-refractivity contribution is 8.00. The number of thioether (sulfide) groups is 1. The van der Waals surface area contributed by atoms with Gasteiger partial charge in [0.15, 0.2) is 0 Å². The molecule has 2 rings (SSSR count). The Morgan fingerprint density at radius 3 is 1.52 bits per heavy atom. The molecule has 0 heterocycles. The summed E-state index contributed by atoms with van der Waals surface area (Å²) in [6.45, 7) is 7.96. The minimum Gasteiger partial charge on any atom is -0.325 e. The fourth-order valence-corrected chi connectivity index (χ4v) is 3.13. The maximum absolute atomic E-state index is 12.0.